The van der Waals surface area contributed by atoms with E-state index in [4.69, 9.17) is 9.40 Å². The van der Waals surface area contributed by atoms with Crippen molar-refractivity contribution in [1.29, 1.82) is 0 Å². The van der Waals surface area contributed by atoms with Crippen LogP contribution in [0, 0.1) is 6.92 Å². The quantitative estimate of drug-likeness (QED) is 0.219. The number of hydrogen-bond donors (Lipinski definition) is 0. The second-order valence-electron chi connectivity index (χ2n) is 10.6. The zero-order valence-corrected chi connectivity index (χ0v) is 22.7. The normalized spacial score (nSPS) is 12.2. The Balaban J connectivity index is 1.37. The summed E-state index contributed by atoms with van der Waals surface area (Å²) in [6, 6.07) is 40.9. The van der Waals surface area contributed by atoms with Crippen LogP contribution in [0.3, 0.4) is 0 Å². The fourth-order valence-electron chi connectivity index (χ4n) is 5.82. The molecule has 0 radical (unpaired) electrons. The molecule has 0 unspecified atom stereocenters. The van der Waals surface area contributed by atoms with Crippen LogP contribution in [0.1, 0.15) is 24.1 Å². The van der Waals surface area contributed by atoms with Gasteiger partial charge in [0, 0.05) is 40.5 Å². The lowest BCUT2D eigenvalue weighted by atomic mass is 9.94. The molecule has 0 saturated heterocycles. The molecule has 0 spiro atoms. The standard InChI is InChI=1S/C37H30N2O/c1-25-14-16-27(17-15-25)29-20-21-38-33(24-29)36-30(18-19-32-31-11-6-7-13-35(31)40-37(32)36)23-26(2)39-22-8-12-34(39)28-9-4-3-5-10-28/h3-22,24,26H,23H2,1-2H3/t26-/m0/s1. The highest BCUT2D eigenvalue weighted by atomic mass is 16.3. The molecule has 7 rings (SSSR count). The Hall–Kier alpha value is -4.89. The average molecular weight is 519 g/mol. The zero-order chi connectivity index (χ0) is 27.1. The molecular weight excluding hydrogens is 488 g/mol. The molecule has 0 aliphatic rings. The fraction of sp³-hybridized carbons (Fsp3) is 0.108. The number of para-hydroxylation sites is 1. The van der Waals surface area contributed by atoms with Gasteiger partial charge in [0.05, 0.1) is 5.69 Å². The third-order valence-electron chi connectivity index (χ3n) is 7.87. The number of rotatable bonds is 6. The van der Waals surface area contributed by atoms with Crippen molar-refractivity contribution in [1.82, 2.24) is 9.55 Å². The summed E-state index contributed by atoms with van der Waals surface area (Å²) in [5.74, 6) is 0. The Bertz CT molecular complexity index is 1940. The second-order valence-corrected chi connectivity index (χ2v) is 10.6. The topological polar surface area (TPSA) is 31.0 Å². The monoisotopic (exact) mass is 518 g/mol. The Kier molecular flexibility index (Phi) is 6.05. The van der Waals surface area contributed by atoms with Crippen LogP contribution in [0.5, 0.6) is 0 Å². The molecule has 0 amide bonds. The second kappa shape index (κ2) is 10.0. The summed E-state index contributed by atoms with van der Waals surface area (Å²) in [6.07, 6.45) is 4.94. The van der Waals surface area contributed by atoms with Crippen LogP contribution < -0.4 is 0 Å². The number of hydrogen-bond acceptors (Lipinski definition) is 2. The van der Waals surface area contributed by atoms with Gasteiger partial charge in [0.25, 0.3) is 0 Å². The lowest BCUT2D eigenvalue weighted by Gasteiger charge is -2.20. The minimum Gasteiger partial charge on any atom is -0.455 e. The molecule has 3 heterocycles. The Morgan fingerprint density at radius 1 is 0.725 bits per heavy atom. The zero-order valence-electron chi connectivity index (χ0n) is 22.7. The number of nitrogens with zero attached hydrogens (tertiary/aromatic N) is 2. The van der Waals surface area contributed by atoms with Gasteiger partial charge in [-0.3, -0.25) is 4.98 Å². The van der Waals surface area contributed by atoms with Crippen LogP contribution in [0.25, 0.3) is 55.6 Å². The minimum atomic E-state index is 0.228. The predicted octanol–water partition coefficient (Wildman–Crippen LogP) is 9.90. The maximum atomic E-state index is 6.56. The van der Waals surface area contributed by atoms with Gasteiger partial charge in [-0.25, -0.2) is 0 Å². The van der Waals surface area contributed by atoms with Crippen LogP contribution in [-0.4, -0.2) is 9.55 Å². The molecule has 0 bridgehead atoms. The van der Waals surface area contributed by atoms with E-state index in [1.165, 1.54) is 27.9 Å². The van der Waals surface area contributed by atoms with E-state index in [2.05, 4.69) is 128 Å². The third-order valence-corrected chi connectivity index (χ3v) is 7.87. The van der Waals surface area contributed by atoms with E-state index in [1.807, 2.05) is 18.3 Å². The summed E-state index contributed by atoms with van der Waals surface area (Å²) >= 11 is 0. The Morgan fingerprint density at radius 3 is 2.38 bits per heavy atom. The van der Waals surface area contributed by atoms with Gasteiger partial charge in [0.1, 0.15) is 11.2 Å². The first-order valence-electron chi connectivity index (χ1n) is 13.8. The van der Waals surface area contributed by atoms with Crippen molar-refractivity contribution in [3.05, 3.63) is 139 Å². The first-order chi connectivity index (χ1) is 19.7. The van der Waals surface area contributed by atoms with Gasteiger partial charge >= 0.3 is 0 Å². The van der Waals surface area contributed by atoms with E-state index in [1.54, 1.807) is 0 Å². The van der Waals surface area contributed by atoms with Gasteiger partial charge in [0.15, 0.2) is 0 Å². The molecule has 7 aromatic rings. The van der Waals surface area contributed by atoms with Gasteiger partial charge in [0.2, 0.25) is 0 Å². The number of benzene rings is 4. The van der Waals surface area contributed by atoms with E-state index in [0.717, 1.165) is 45.2 Å². The summed E-state index contributed by atoms with van der Waals surface area (Å²) in [5.41, 5.74) is 11.0. The molecule has 4 aromatic carbocycles. The molecule has 0 aliphatic carbocycles. The van der Waals surface area contributed by atoms with Gasteiger partial charge in [-0.05, 0) is 72.9 Å². The van der Waals surface area contributed by atoms with Gasteiger partial charge in [-0.15, -0.1) is 0 Å². The maximum Gasteiger partial charge on any atom is 0.145 e. The van der Waals surface area contributed by atoms with Crippen molar-refractivity contribution < 1.29 is 4.42 Å². The molecule has 194 valence electrons. The van der Waals surface area contributed by atoms with Crippen LogP contribution in [0.4, 0.5) is 0 Å². The summed E-state index contributed by atoms with van der Waals surface area (Å²) in [7, 11) is 0. The Morgan fingerprint density at radius 2 is 1.52 bits per heavy atom. The molecular formula is C37H30N2O. The molecule has 3 heteroatoms. The molecule has 1 atom stereocenters. The van der Waals surface area contributed by atoms with Crippen LogP contribution in [0.2, 0.25) is 0 Å². The largest absolute Gasteiger partial charge is 0.455 e. The highest BCUT2D eigenvalue weighted by Gasteiger charge is 2.20. The number of aromatic nitrogens is 2. The maximum absolute atomic E-state index is 6.56. The average Bonchev–Trinajstić information content (AvgIpc) is 3.63. The predicted molar refractivity (Wildman–Crippen MR) is 165 cm³/mol. The number of aryl methyl sites for hydroxylation is 1. The van der Waals surface area contributed by atoms with E-state index in [9.17, 15) is 0 Å². The van der Waals surface area contributed by atoms with E-state index < -0.39 is 0 Å². The number of fused-ring (bicyclic) bond motifs is 3. The van der Waals surface area contributed by atoms with Crippen molar-refractivity contribution in [3.8, 4) is 33.6 Å². The molecule has 3 nitrogen and oxygen atoms in total. The Labute approximate surface area is 234 Å². The van der Waals surface area contributed by atoms with Crippen molar-refractivity contribution >= 4 is 21.9 Å². The highest BCUT2D eigenvalue weighted by molar-refractivity contribution is 6.10. The number of furan rings is 1. The molecule has 0 saturated carbocycles. The van der Waals surface area contributed by atoms with Crippen molar-refractivity contribution in [2.24, 2.45) is 0 Å². The highest BCUT2D eigenvalue weighted by Crippen LogP contribution is 2.40. The molecule has 3 aromatic heterocycles. The van der Waals surface area contributed by atoms with Crippen LogP contribution >= 0.6 is 0 Å². The van der Waals surface area contributed by atoms with E-state index in [-0.39, 0.29) is 6.04 Å². The van der Waals surface area contributed by atoms with E-state index >= 15 is 0 Å². The van der Waals surface area contributed by atoms with Crippen LogP contribution in [-0.2, 0) is 6.42 Å². The smallest absolute Gasteiger partial charge is 0.145 e. The van der Waals surface area contributed by atoms with Gasteiger partial charge < -0.3 is 8.98 Å². The summed E-state index contributed by atoms with van der Waals surface area (Å²) in [4.78, 5) is 4.90. The lowest BCUT2D eigenvalue weighted by Crippen LogP contribution is -2.09. The van der Waals surface area contributed by atoms with E-state index in [0.29, 0.717) is 0 Å². The summed E-state index contributed by atoms with van der Waals surface area (Å²) in [5, 5.41) is 2.25. The lowest BCUT2D eigenvalue weighted by molar-refractivity contribution is 0.552. The van der Waals surface area contributed by atoms with Crippen molar-refractivity contribution in [3.63, 3.8) is 0 Å². The fourth-order valence-corrected chi connectivity index (χ4v) is 5.82. The summed E-state index contributed by atoms with van der Waals surface area (Å²) in [6.45, 7) is 4.40. The summed E-state index contributed by atoms with van der Waals surface area (Å²) < 4.78 is 8.93. The molecule has 0 N–H and O–H groups in total. The molecule has 0 fully saturated rings. The van der Waals surface area contributed by atoms with Crippen molar-refractivity contribution in [2.45, 2.75) is 26.3 Å². The molecule has 40 heavy (non-hydrogen) atoms. The SMILES string of the molecule is Cc1ccc(-c2ccnc(-c3c(C[C@H](C)n4cccc4-c4ccccc4)ccc4c3oc3ccccc34)c2)cc1. The first-order valence-corrected chi connectivity index (χ1v) is 13.8. The van der Waals surface area contributed by atoms with Gasteiger partial charge in [-0.2, -0.15) is 0 Å². The minimum absolute atomic E-state index is 0.228. The first kappa shape index (κ1) is 24.2. The third kappa shape index (κ3) is 4.30. The number of pyridine rings is 1. The van der Waals surface area contributed by atoms with Gasteiger partial charge in [-0.1, -0.05) is 90.5 Å². The van der Waals surface area contributed by atoms with Crippen LogP contribution in [0.15, 0.2) is 132 Å². The molecule has 0 aliphatic heterocycles. The van der Waals surface area contributed by atoms with Crippen molar-refractivity contribution in [2.75, 3.05) is 0 Å².